The van der Waals surface area contributed by atoms with Gasteiger partial charge < -0.3 is 4.74 Å². The third-order valence-electron chi connectivity index (χ3n) is 1.92. The number of hydrogen-bond donors (Lipinski definition) is 1. The molecule has 0 heterocycles. The van der Waals surface area contributed by atoms with E-state index < -0.39 is 11.7 Å². The Kier molecular flexibility index (Phi) is 3.51. The Bertz CT molecular complexity index is 416. The topological polar surface area (TPSA) is 62.1 Å². The summed E-state index contributed by atoms with van der Waals surface area (Å²) in [6.45, 7) is 5.02. The molecule has 0 fully saturated rings. The fourth-order valence-electron chi connectivity index (χ4n) is 1.03. The molecule has 0 unspecified atom stereocenters. The van der Waals surface area contributed by atoms with Gasteiger partial charge in [-0.05, 0) is 32.9 Å². The van der Waals surface area contributed by atoms with Crippen molar-refractivity contribution in [3.63, 3.8) is 0 Å². The molecule has 84 valence electrons. The minimum Gasteiger partial charge on any atom is -0.428 e. The van der Waals surface area contributed by atoms with Crippen molar-refractivity contribution in [2.24, 2.45) is 0 Å². The molecule has 0 spiro atoms. The molecule has 1 rings (SSSR count). The van der Waals surface area contributed by atoms with Crippen LogP contribution in [0.5, 0.6) is 0 Å². The highest BCUT2D eigenvalue weighted by Gasteiger charge is 2.21. The number of rotatable bonds is 2. The molecule has 16 heavy (non-hydrogen) atoms. The Balaban J connectivity index is 2.59. The van der Waals surface area contributed by atoms with Crippen LogP contribution in [-0.4, -0.2) is 11.7 Å². The first-order valence-corrected chi connectivity index (χ1v) is 4.91. The molecule has 4 heteroatoms. The van der Waals surface area contributed by atoms with Gasteiger partial charge in [-0.2, -0.15) is 5.26 Å². The molecule has 0 bridgehead atoms. The molecule has 1 amide bonds. The normalized spacial score (nSPS) is 10.4. The molecule has 4 nitrogen and oxygen atoms in total. The molecule has 1 aromatic rings. The van der Waals surface area contributed by atoms with Gasteiger partial charge >= 0.3 is 6.09 Å². The van der Waals surface area contributed by atoms with Crippen LogP contribution in [0, 0.1) is 18.3 Å². The first kappa shape index (κ1) is 12.1. The molecular weight excluding hydrogens is 204 g/mol. The maximum absolute atomic E-state index is 11.4. The predicted octanol–water partition coefficient (Wildman–Crippen LogP) is 2.85. The molecule has 0 aliphatic carbocycles. The van der Waals surface area contributed by atoms with Crippen LogP contribution in [0.4, 0.5) is 10.5 Å². The highest BCUT2D eigenvalue weighted by molar-refractivity contribution is 5.84. The van der Waals surface area contributed by atoms with Crippen molar-refractivity contribution < 1.29 is 9.53 Å². The molecule has 0 aromatic heterocycles. The van der Waals surface area contributed by atoms with Crippen molar-refractivity contribution in [3.8, 4) is 6.07 Å². The number of aryl methyl sites for hydroxylation is 1. The number of anilines is 1. The molecule has 1 N–H and O–H groups in total. The second-order valence-electron chi connectivity index (χ2n) is 4.00. The number of benzene rings is 1. The van der Waals surface area contributed by atoms with Crippen LogP contribution in [0.3, 0.4) is 0 Å². The quantitative estimate of drug-likeness (QED) is 0.830. The Labute approximate surface area is 94.8 Å². The van der Waals surface area contributed by atoms with Crippen LogP contribution < -0.4 is 5.32 Å². The SMILES string of the molecule is Cc1ccc(NC(=O)OC(C)(C)C#N)cc1. The number of nitrogens with zero attached hydrogens (tertiary/aromatic N) is 1. The summed E-state index contributed by atoms with van der Waals surface area (Å²) >= 11 is 0. The van der Waals surface area contributed by atoms with Gasteiger partial charge in [0, 0.05) is 5.69 Å². The standard InChI is InChI=1S/C12H14N2O2/c1-9-4-6-10(7-5-9)14-11(15)16-12(2,3)8-13/h4-7H,1-3H3,(H,14,15). The summed E-state index contributed by atoms with van der Waals surface area (Å²) in [6.07, 6.45) is -0.629. The highest BCUT2D eigenvalue weighted by atomic mass is 16.6. The predicted molar refractivity (Wildman–Crippen MR) is 61.0 cm³/mol. The zero-order valence-electron chi connectivity index (χ0n) is 9.57. The summed E-state index contributed by atoms with van der Waals surface area (Å²) in [6, 6.07) is 9.19. The summed E-state index contributed by atoms with van der Waals surface area (Å²) in [5.41, 5.74) is 0.634. The first-order chi connectivity index (χ1) is 7.43. The Morgan fingerprint density at radius 3 is 2.44 bits per heavy atom. The van der Waals surface area contributed by atoms with E-state index in [1.807, 2.05) is 25.1 Å². The first-order valence-electron chi connectivity index (χ1n) is 4.91. The van der Waals surface area contributed by atoms with Crippen molar-refractivity contribution in [3.05, 3.63) is 29.8 Å². The van der Waals surface area contributed by atoms with Crippen molar-refractivity contribution in [2.75, 3.05) is 5.32 Å². The summed E-state index contributed by atoms with van der Waals surface area (Å²) < 4.78 is 4.91. The number of nitrogens with one attached hydrogen (secondary N) is 1. The number of nitriles is 1. The number of ether oxygens (including phenoxy) is 1. The maximum Gasteiger partial charge on any atom is 0.413 e. The molecule has 0 atom stereocenters. The molecule has 0 aliphatic heterocycles. The largest absolute Gasteiger partial charge is 0.428 e. The summed E-state index contributed by atoms with van der Waals surface area (Å²) in [7, 11) is 0. The second kappa shape index (κ2) is 4.67. The Hall–Kier alpha value is -2.02. The Morgan fingerprint density at radius 1 is 1.38 bits per heavy atom. The van der Waals surface area contributed by atoms with Crippen molar-refractivity contribution in [1.29, 1.82) is 5.26 Å². The smallest absolute Gasteiger partial charge is 0.413 e. The van der Waals surface area contributed by atoms with E-state index in [0.29, 0.717) is 5.69 Å². The molecule has 0 radical (unpaired) electrons. The van der Waals surface area contributed by atoms with E-state index in [0.717, 1.165) is 5.56 Å². The van der Waals surface area contributed by atoms with Crippen molar-refractivity contribution >= 4 is 11.8 Å². The Morgan fingerprint density at radius 2 is 1.94 bits per heavy atom. The monoisotopic (exact) mass is 218 g/mol. The summed E-state index contributed by atoms with van der Waals surface area (Å²) in [4.78, 5) is 11.4. The van der Waals surface area contributed by atoms with E-state index in [9.17, 15) is 4.79 Å². The van der Waals surface area contributed by atoms with Crippen LogP contribution in [0.2, 0.25) is 0 Å². The van der Waals surface area contributed by atoms with E-state index in [1.54, 1.807) is 12.1 Å². The molecular formula is C12H14N2O2. The van der Waals surface area contributed by atoms with Gasteiger partial charge in [0.05, 0.1) is 0 Å². The van der Waals surface area contributed by atoms with Crippen molar-refractivity contribution in [2.45, 2.75) is 26.4 Å². The number of carbonyl (C=O) groups excluding carboxylic acids is 1. The zero-order valence-corrected chi connectivity index (χ0v) is 9.57. The van der Waals surface area contributed by atoms with E-state index in [1.165, 1.54) is 13.8 Å². The molecule has 1 aromatic carbocycles. The number of amides is 1. The lowest BCUT2D eigenvalue weighted by atomic mass is 10.2. The average Bonchev–Trinajstić information content (AvgIpc) is 2.21. The third-order valence-corrected chi connectivity index (χ3v) is 1.92. The lowest BCUT2D eigenvalue weighted by molar-refractivity contribution is 0.0890. The third kappa shape index (κ3) is 3.62. The van der Waals surface area contributed by atoms with Gasteiger partial charge in [0.25, 0.3) is 0 Å². The van der Waals surface area contributed by atoms with Gasteiger partial charge in [0.15, 0.2) is 5.60 Å². The van der Waals surface area contributed by atoms with Gasteiger partial charge in [0.2, 0.25) is 0 Å². The lowest BCUT2D eigenvalue weighted by Crippen LogP contribution is -2.28. The van der Waals surface area contributed by atoms with Crippen LogP contribution in [0.1, 0.15) is 19.4 Å². The van der Waals surface area contributed by atoms with Crippen LogP contribution in [0.25, 0.3) is 0 Å². The van der Waals surface area contributed by atoms with E-state index >= 15 is 0 Å². The highest BCUT2D eigenvalue weighted by Crippen LogP contribution is 2.12. The summed E-state index contributed by atoms with van der Waals surface area (Å²) in [5, 5.41) is 11.2. The molecule has 0 saturated heterocycles. The van der Waals surface area contributed by atoms with Crippen LogP contribution in [-0.2, 0) is 4.74 Å². The fourth-order valence-corrected chi connectivity index (χ4v) is 1.03. The van der Waals surface area contributed by atoms with E-state index in [2.05, 4.69) is 5.32 Å². The van der Waals surface area contributed by atoms with Crippen LogP contribution >= 0.6 is 0 Å². The second-order valence-corrected chi connectivity index (χ2v) is 4.00. The minimum absolute atomic E-state index is 0.629. The fraction of sp³-hybridized carbons (Fsp3) is 0.333. The van der Waals surface area contributed by atoms with Gasteiger partial charge in [0.1, 0.15) is 6.07 Å². The summed E-state index contributed by atoms with van der Waals surface area (Å²) in [5.74, 6) is 0. The van der Waals surface area contributed by atoms with Gasteiger partial charge in [-0.15, -0.1) is 0 Å². The van der Waals surface area contributed by atoms with Gasteiger partial charge in [-0.25, -0.2) is 4.79 Å². The molecule has 0 saturated carbocycles. The van der Waals surface area contributed by atoms with Crippen molar-refractivity contribution in [1.82, 2.24) is 0 Å². The maximum atomic E-state index is 11.4. The van der Waals surface area contributed by atoms with E-state index in [4.69, 9.17) is 10.00 Å². The molecule has 0 aliphatic rings. The lowest BCUT2D eigenvalue weighted by Gasteiger charge is -2.16. The number of hydrogen-bond acceptors (Lipinski definition) is 3. The van der Waals surface area contributed by atoms with E-state index in [-0.39, 0.29) is 0 Å². The van der Waals surface area contributed by atoms with Gasteiger partial charge in [-0.1, -0.05) is 17.7 Å². The van der Waals surface area contributed by atoms with Crippen LogP contribution in [0.15, 0.2) is 24.3 Å². The average molecular weight is 218 g/mol. The number of carbonyl (C=O) groups is 1. The zero-order chi connectivity index (χ0) is 12.2. The minimum atomic E-state index is -1.12. The van der Waals surface area contributed by atoms with Gasteiger partial charge in [-0.3, -0.25) is 5.32 Å².